The predicted octanol–water partition coefficient (Wildman–Crippen LogP) is 2.06. The number of hydrogen-bond donors (Lipinski definition) is 1. The highest BCUT2D eigenvalue weighted by atomic mass is 79.9. The van der Waals surface area contributed by atoms with E-state index in [1.54, 1.807) is 6.07 Å². The van der Waals surface area contributed by atoms with Gasteiger partial charge in [0, 0.05) is 11.0 Å². The summed E-state index contributed by atoms with van der Waals surface area (Å²) in [5.41, 5.74) is 6.10. The van der Waals surface area contributed by atoms with Gasteiger partial charge < -0.3 is 10.5 Å². The van der Waals surface area contributed by atoms with Gasteiger partial charge in [0.05, 0.1) is 7.11 Å². The van der Waals surface area contributed by atoms with Crippen molar-refractivity contribution in [2.75, 3.05) is 7.11 Å². The van der Waals surface area contributed by atoms with Crippen LogP contribution in [0.5, 0.6) is 5.75 Å². The minimum absolute atomic E-state index is 0.221. The lowest BCUT2D eigenvalue weighted by atomic mass is 10.2. The predicted molar refractivity (Wildman–Crippen MR) is 48.5 cm³/mol. The van der Waals surface area contributed by atoms with E-state index in [4.69, 9.17) is 10.5 Å². The standard InChI is InChI=1S/C8H9BrFNO/c1-12-8-3-6(9)5(4-11)2-7(8)10/h2-3H,4,11H2,1H3. The second-order valence-corrected chi connectivity index (χ2v) is 3.14. The molecular formula is C8H9BrFNO. The van der Waals surface area contributed by atoms with E-state index in [1.165, 1.54) is 13.2 Å². The van der Waals surface area contributed by atoms with E-state index in [2.05, 4.69) is 15.9 Å². The lowest BCUT2D eigenvalue weighted by molar-refractivity contribution is 0.386. The van der Waals surface area contributed by atoms with Crippen molar-refractivity contribution in [3.8, 4) is 5.75 Å². The molecule has 0 atom stereocenters. The molecule has 0 aliphatic rings. The number of rotatable bonds is 2. The Bertz CT molecular complexity index is 261. The van der Waals surface area contributed by atoms with Crippen molar-refractivity contribution in [2.24, 2.45) is 5.73 Å². The molecule has 0 spiro atoms. The van der Waals surface area contributed by atoms with Crippen molar-refractivity contribution in [3.05, 3.63) is 28.0 Å². The smallest absolute Gasteiger partial charge is 0.165 e. The van der Waals surface area contributed by atoms with Crippen molar-refractivity contribution in [1.29, 1.82) is 0 Å². The van der Waals surface area contributed by atoms with Crippen LogP contribution in [0, 0.1) is 5.82 Å². The van der Waals surface area contributed by atoms with Gasteiger partial charge in [0.15, 0.2) is 11.6 Å². The first-order valence-corrected chi connectivity index (χ1v) is 4.20. The van der Waals surface area contributed by atoms with Crippen molar-refractivity contribution in [3.63, 3.8) is 0 Å². The SMILES string of the molecule is COc1cc(Br)c(CN)cc1F. The van der Waals surface area contributed by atoms with Crippen LogP contribution >= 0.6 is 15.9 Å². The fourth-order valence-corrected chi connectivity index (χ4v) is 1.37. The summed E-state index contributed by atoms with van der Waals surface area (Å²) in [6, 6.07) is 2.93. The summed E-state index contributed by atoms with van der Waals surface area (Å²) in [4.78, 5) is 0. The number of hydrogen-bond acceptors (Lipinski definition) is 2. The van der Waals surface area contributed by atoms with E-state index < -0.39 is 0 Å². The highest BCUT2D eigenvalue weighted by molar-refractivity contribution is 9.10. The Kier molecular flexibility index (Phi) is 3.05. The van der Waals surface area contributed by atoms with Gasteiger partial charge in [-0.3, -0.25) is 0 Å². The molecule has 0 saturated carbocycles. The Balaban J connectivity index is 3.16. The first-order chi connectivity index (χ1) is 5.69. The van der Waals surface area contributed by atoms with Crippen molar-refractivity contribution in [2.45, 2.75) is 6.54 Å². The highest BCUT2D eigenvalue weighted by Crippen LogP contribution is 2.25. The number of methoxy groups -OCH3 is 1. The van der Waals surface area contributed by atoms with E-state index in [9.17, 15) is 4.39 Å². The lowest BCUT2D eigenvalue weighted by Gasteiger charge is -2.05. The molecular weight excluding hydrogens is 225 g/mol. The Labute approximate surface area is 78.6 Å². The van der Waals surface area contributed by atoms with Crippen LogP contribution in [-0.4, -0.2) is 7.11 Å². The molecule has 0 radical (unpaired) electrons. The largest absolute Gasteiger partial charge is 0.494 e. The molecule has 1 aromatic carbocycles. The molecule has 0 heterocycles. The van der Waals surface area contributed by atoms with Crippen LogP contribution in [0.15, 0.2) is 16.6 Å². The van der Waals surface area contributed by atoms with Gasteiger partial charge in [-0.2, -0.15) is 0 Å². The second-order valence-electron chi connectivity index (χ2n) is 2.28. The van der Waals surface area contributed by atoms with Gasteiger partial charge >= 0.3 is 0 Å². The molecule has 2 nitrogen and oxygen atoms in total. The molecule has 66 valence electrons. The topological polar surface area (TPSA) is 35.2 Å². The summed E-state index contributed by atoms with van der Waals surface area (Å²) in [6.45, 7) is 0.307. The maximum Gasteiger partial charge on any atom is 0.165 e. The summed E-state index contributed by atoms with van der Waals surface area (Å²) in [5.74, 6) is -0.166. The Morgan fingerprint density at radius 1 is 1.58 bits per heavy atom. The normalized spacial score (nSPS) is 10.0. The molecule has 2 N–H and O–H groups in total. The van der Waals surface area contributed by atoms with Crippen molar-refractivity contribution < 1.29 is 9.13 Å². The summed E-state index contributed by atoms with van der Waals surface area (Å²) in [5, 5.41) is 0. The summed E-state index contributed by atoms with van der Waals surface area (Å²) < 4.78 is 18.6. The van der Waals surface area contributed by atoms with Crippen LogP contribution in [0.25, 0.3) is 0 Å². The van der Waals surface area contributed by atoms with Crippen LogP contribution in [0.3, 0.4) is 0 Å². The zero-order valence-corrected chi connectivity index (χ0v) is 8.19. The van der Waals surface area contributed by atoms with Crippen LogP contribution < -0.4 is 10.5 Å². The monoisotopic (exact) mass is 233 g/mol. The molecule has 0 aromatic heterocycles. The van der Waals surface area contributed by atoms with Gasteiger partial charge in [0.25, 0.3) is 0 Å². The summed E-state index contributed by atoms with van der Waals surface area (Å²) in [7, 11) is 1.42. The average Bonchev–Trinajstić information content (AvgIpc) is 2.08. The third kappa shape index (κ3) is 1.76. The Morgan fingerprint density at radius 3 is 2.75 bits per heavy atom. The van der Waals surface area contributed by atoms with Gasteiger partial charge in [0.1, 0.15) is 0 Å². The minimum atomic E-state index is -0.388. The van der Waals surface area contributed by atoms with Gasteiger partial charge in [-0.05, 0) is 17.7 Å². The fraction of sp³-hybridized carbons (Fsp3) is 0.250. The number of halogens is 2. The molecule has 4 heteroatoms. The molecule has 0 aliphatic heterocycles. The zero-order chi connectivity index (χ0) is 9.14. The molecule has 1 aromatic rings. The number of ether oxygens (including phenoxy) is 1. The Morgan fingerprint density at radius 2 is 2.25 bits per heavy atom. The number of benzene rings is 1. The molecule has 0 saturated heterocycles. The quantitative estimate of drug-likeness (QED) is 0.849. The molecule has 0 fully saturated rings. The van der Waals surface area contributed by atoms with E-state index in [0.29, 0.717) is 6.54 Å². The van der Waals surface area contributed by atoms with E-state index >= 15 is 0 Å². The molecule has 0 amide bonds. The van der Waals surface area contributed by atoms with Crippen LogP contribution in [-0.2, 0) is 6.54 Å². The first kappa shape index (κ1) is 9.48. The van der Waals surface area contributed by atoms with Gasteiger partial charge in [-0.1, -0.05) is 15.9 Å². The van der Waals surface area contributed by atoms with Crippen LogP contribution in [0.2, 0.25) is 0 Å². The maximum absolute atomic E-state index is 13.0. The second kappa shape index (κ2) is 3.87. The van der Waals surface area contributed by atoms with Gasteiger partial charge in [-0.15, -0.1) is 0 Å². The molecule has 0 bridgehead atoms. The van der Waals surface area contributed by atoms with E-state index in [0.717, 1.165) is 10.0 Å². The molecule has 0 unspecified atom stereocenters. The highest BCUT2D eigenvalue weighted by Gasteiger charge is 2.06. The lowest BCUT2D eigenvalue weighted by Crippen LogP contribution is -1.99. The van der Waals surface area contributed by atoms with Crippen LogP contribution in [0.4, 0.5) is 4.39 Å². The Hall–Kier alpha value is -0.610. The minimum Gasteiger partial charge on any atom is -0.494 e. The third-order valence-corrected chi connectivity index (χ3v) is 2.28. The van der Waals surface area contributed by atoms with Gasteiger partial charge in [0.2, 0.25) is 0 Å². The average molecular weight is 234 g/mol. The summed E-state index contributed by atoms with van der Waals surface area (Å²) in [6.07, 6.45) is 0. The van der Waals surface area contributed by atoms with Crippen molar-refractivity contribution >= 4 is 15.9 Å². The maximum atomic E-state index is 13.0. The molecule has 12 heavy (non-hydrogen) atoms. The summed E-state index contributed by atoms with van der Waals surface area (Å²) >= 11 is 3.26. The van der Waals surface area contributed by atoms with E-state index in [1.807, 2.05) is 0 Å². The van der Waals surface area contributed by atoms with Crippen LogP contribution in [0.1, 0.15) is 5.56 Å². The molecule has 0 aliphatic carbocycles. The number of nitrogens with two attached hydrogens (primary N) is 1. The third-order valence-electron chi connectivity index (χ3n) is 1.54. The zero-order valence-electron chi connectivity index (χ0n) is 6.60. The van der Waals surface area contributed by atoms with Gasteiger partial charge in [-0.25, -0.2) is 4.39 Å². The van der Waals surface area contributed by atoms with Crippen molar-refractivity contribution in [1.82, 2.24) is 0 Å². The molecule has 1 rings (SSSR count). The van der Waals surface area contributed by atoms with E-state index in [-0.39, 0.29) is 11.6 Å². The first-order valence-electron chi connectivity index (χ1n) is 3.41. The fourth-order valence-electron chi connectivity index (χ4n) is 0.883.